The molecule has 0 saturated carbocycles. The molecule has 0 aliphatic carbocycles. The predicted octanol–water partition coefficient (Wildman–Crippen LogP) is 3.14. The number of hydrogen-bond acceptors (Lipinski definition) is 4. The molecule has 2 N–H and O–H groups in total. The van der Waals surface area contributed by atoms with Crippen LogP contribution in [-0.4, -0.2) is 42.3 Å². The van der Waals surface area contributed by atoms with E-state index in [0.29, 0.717) is 6.54 Å². The van der Waals surface area contributed by atoms with E-state index in [-0.39, 0.29) is 24.1 Å². The van der Waals surface area contributed by atoms with E-state index in [0.717, 1.165) is 12.2 Å². The standard InChI is InChI=1S/C18H28N2O3/c1-12-16(19)10-14(13-6-8-15(22-5)9-7-13)11-20(12)17(21)23-18(2,3)4/h6-9,12,14,16H,10-11,19H2,1-5H3. The number of methoxy groups -OCH3 is 1. The number of rotatable bonds is 2. The van der Waals surface area contributed by atoms with Crippen LogP contribution in [0.15, 0.2) is 24.3 Å². The number of carbonyl (C=O) groups excluding carboxylic acids is 1. The van der Waals surface area contributed by atoms with E-state index in [2.05, 4.69) is 0 Å². The van der Waals surface area contributed by atoms with Crippen molar-refractivity contribution in [1.82, 2.24) is 4.90 Å². The van der Waals surface area contributed by atoms with Gasteiger partial charge in [-0.25, -0.2) is 4.79 Å². The van der Waals surface area contributed by atoms with E-state index >= 15 is 0 Å². The maximum absolute atomic E-state index is 12.5. The summed E-state index contributed by atoms with van der Waals surface area (Å²) < 4.78 is 10.7. The zero-order valence-electron chi connectivity index (χ0n) is 14.7. The molecule has 1 amide bonds. The minimum absolute atomic E-state index is 0.0284. The van der Waals surface area contributed by atoms with Gasteiger partial charge in [0.25, 0.3) is 0 Å². The number of benzene rings is 1. The van der Waals surface area contributed by atoms with Crippen molar-refractivity contribution < 1.29 is 14.3 Å². The Morgan fingerprint density at radius 1 is 1.26 bits per heavy atom. The maximum atomic E-state index is 12.5. The highest BCUT2D eigenvalue weighted by atomic mass is 16.6. The molecule has 2 rings (SSSR count). The number of ether oxygens (including phenoxy) is 2. The van der Waals surface area contributed by atoms with Crippen LogP contribution in [0, 0.1) is 0 Å². The second-order valence-electron chi connectivity index (χ2n) is 7.24. The van der Waals surface area contributed by atoms with Crippen molar-refractivity contribution in [3.05, 3.63) is 29.8 Å². The van der Waals surface area contributed by atoms with E-state index in [9.17, 15) is 4.79 Å². The Labute approximate surface area is 138 Å². The lowest BCUT2D eigenvalue weighted by Gasteiger charge is -2.42. The first-order chi connectivity index (χ1) is 10.7. The van der Waals surface area contributed by atoms with Gasteiger partial charge < -0.3 is 20.1 Å². The normalized spacial score (nSPS) is 25.1. The van der Waals surface area contributed by atoms with Crippen LogP contribution in [0.1, 0.15) is 45.6 Å². The molecule has 5 nitrogen and oxygen atoms in total. The lowest BCUT2D eigenvalue weighted by Crippen LogP contribution is -2.55. The Morgan fingerprint density at radius 3 is 2.39 bits per heavy atom. The van der Waals surface area contributed by atoms with E-state index in [1.54, 1.807) is 12.0 Å². The molecule has 1 saturated heterocycles. The second kappa shape index (κ2) is 6.79. The van der Waals surface area contributed by atoms with Crippen LogP contribution in [0.25, 0.3) is 0 Å². The average molecular weight is 320 g/mol. The zero-order valence-corrected chi connectivity index (χ0v) is 14.7. The van der Waals surface area contributed by atoms with E-state index < -0.39 is 5.60 Å². The smallest absolute Gasteiger partial charge is 0.410 e. The summed E-state index contributed by atoms with van der Waals surface area (Å²) in [6, 6.07) is 7.87. The zero-order chi connectivity index (χ0) is 17.2. The van der Waals surface area contributed by atoms with Crippen molar-refractivity contribution in [3.8, 4) is 5.75 Å². The van der Waals surface area contributed by atoms with Gasteiger partial charge in [0.2, 0.25) is 0 Å². The molecule has 0 bridgehead atoms. The summed E-state index contributed by atoms with van der Waals surface area (Å²) in [5.74, 6) is 1.03. The van der Waals surface area contributed by atoms with Gasteiger partial charge in [-0.15, -0.1) is 0 Å². The summed E-state index contributed by atoms with van der Waals surface area (Å²) in [5, 5.41) is 0. The highest BCUT2D eigenvalue weighted by molar-refractivity contribution is 5.69. The number of nitrogens with two attached hydrogens (primary N) is 1. The lowest BCUT2D eigenvalue weighted by molar-refractivity contribution is 0.00665. The van der Waals surface area contributed by atoms with E-state index in [1.165, 1.54) is 5.56 Å². The molecule has 1 aromatic carbocycles. The first-order valence-corrected chi connectivity index (χ1v) is 8.10. The summed E-state index contributed by atoms with van der Waals surface area (Å²) in [4.78, 5) is 14.2. The molecule has 3 atom stereocenters. The van der Waals surface area contributed by atoms with Gasteiger partial charge in [-0.1, -0.05) is 12.1 Å². The van der Waals surface area contributed by atoms with E-state index in [1.807, 2.05) is 52.0 Å². The number of piperidine rings is 1. The SMILES string of the molecule is COc1ccc(C2CC(N)C(C)N(C(=O)OC(C)(C)C)C2)cc1. The second-order valence-corrected chi connectivity index (χ2v) is 7.24. The monoisotopic (exact) mass is 320 g/mol. The van der Waals surface area contributed by atoms with Gasteiger partial charge in [0.1, 0.15) is 11.4 Å². The summed E-state index contributed by atoms with van der Waals surface area (Å²) >= 11 is 0. The number of carbonyl (C=O) groups is 1. The van der Waals surface area contributed by atoms with Crippen molar-refractivity contribution in [2.75, 3.05) is 13.7 Å². The molecule has 0 spiro atoms. The molecule has 23 heavy (non-hydrogen) atoms. The van der Waals surface area contributed by atoms with E-state index in [4.69, 9.17) is 15.2 Å². The van der Waals surface area contributed by atoms with Crippen LogP contribution in [0.2, 0.25) is 0 Å². The van der Waals surface area contributed by atoms with Gasteiger partial charge >= 0.3 is 6.09 Å². The molecule has 1 heterocycles. The Bertz CT molecular complexity index is 536. The molecule has 5 heteroatoms. The predicted molar refractivity (Wildman–Crippen MR) is 90.7 cm³/mol. The van der Waals surface area contributed by atoms with Crippen LogP contribution in [0.5, 0.6) is 5.75 Å². The first kappa shape index (κ1) is 17.6. The lowest BCUT2D eigenvalue weighted by atomic mass is 9.85. The van der Waals surface area contributed by atoms with Crippen molar-refractivity contribution in [2.45, 2.75) is 57.7 Å². The first-order valence-electron chi connectivity index (χ1n) is 8.10. The maximum Gasteiger partial charge on any atom is 0.410 e. The van der Waals surface area contributed by atoms with Gasteiger partial charge in [-0.3, -0.25) is 0 Å². The number of amides is 1. The quantitative estimate of drug-likeness (QED) is 0.909. The fraction of sp³-hybridized carbons (Fsp3) is 0.611. The van der Waals surface area contributed by atoms with Gasteiger partial charge in [0, 0.05) is 24.5 Å². The van der Waals surface area contributed by atoms with Gasteiger partial charge in [0.15, 0.2) is 0 Å². The van der Waals surface area contributed by atoms with Crippen LogP contribution < -0.4 is 10.5 Å². The fourth-order valence-corrected chi connectivity index (χ4v) is 2.91. The highest BCUT2D eigenvalue weighted by Crippen LogP contribution is 2.31. The Kier molecular flexibility index (Phi) is 5.19. The molecule has 128 valence electrons. The van der Waals surface area contributed by atoms with Crippen LogP contribution in [-0.2, 0) is 4.74 Å². The largest absolute Gasteiger partial charge is 0.497 e. The Balaban J connectivity index is 2.15. The van der Waals surface area contributed by atoms with Gasteiger partial charge in [-0.2, -0.15) is 0 Å². The summed E-state index contributed by atoms with van der Waals surface area (Å²) in [6.45, 7) is 8.23. The fourth-order valence-electron chi connectivity index (χ4n) is 2.91. The molecular weight excluding hydrogens is 292 g/mol. The molecule has 3 unspecified atom stereocenters. The third kappa shape index (κ3) is 4.38. The number of nitrogens with zero attached hydrogens (tertiary/aromatic N) is 1. The third-order valence-electron chi connectivity index (χ3n) is 4.30. The van der Waals surface area contributed by atoms with Crippen LogP contribution in [0.4, 0.5) is 4.79 Å². The average Bonchev–Trinajstić information content (AvgIpc) is 2.48. The van der Waals surface area contributed by atoms with Gasteiger partial charge in [0.05, 0.1) is 7.11 Å². The number of hydrogen-bond donors (Lipinski definition) is 1. The van der Waals surface area contributed by atoms with Crippen LogP contribution >= 0.6 is 0 Å². The summed E-state index contributed by atoms with van der Waals surface area (Å²) in [5.41, 5.74) is 6.94. The molecule has 1 fully saturated rings. The Morgan fingerprint density at radius 2 is 1.87 bits per heavy atom. The van der Waals surface area contributed by atoms with Crippen molar-refractivity contribution in [1.29, 1.82) is 0 Å². The van der Waals surface area contributed by atoms with Gasteiger partial charge in [-0.05, 0) is 51.8 Å². The topological polar surface area (TPSA) is 64.8 Å². The van der Waals surface area contributed by atoms with Crippen LogP contribution in [0.3, 0.4) is 0 Å². The highest BCUT2D eigenvalue weighted by Gasteiger charge is 2.36. The minimum Gasteiger partial charge on any atom is -0.497 e. The molecule has 0 radical (unpaired) electrons. The summed E-state index contributed by atoms with van der Waals surface area (Å²) in [7, 11) is 1.65. The summed E-state index contributed by atoms with van der Waals surface area (Å²) in [6.07, 6.45) is 0.561. The molecule has 1 aliphatic rings. The molecule has 1 aliphatic heterocycles. The van der Waals surface area contributed by atoms with Crippen molar-refractivity contribution >= 4 is 6.09 Å². The van der Waals surface area contributed by atoms with Crippen molar-refractivity contribution in [2.24, 2.45) is 5.73 Å². The third-order valence-corrected chi connectivity index (χ3v) is 4.30. The molecular formula is C18H28N2O3. The Hall–Kier alpha value is -1.75. The number of likely N-dealkylation sites (tertiary alicyclic amines) is 1. The van der Waals surface area contributed by atoms with Crippen molar-refractivity contribution in [3.63, 3.8) is 0 Å². The molecule has 1 aromatic rings. The minimum atomic E-state index is -0.506. The molecule has 0 aromatic heterocycles.